The van der Waals surface area contributed by atoms with E-state index in [4.69, 9.17) is 5.11 Å². The summed E-state index contributed by atoms with van der Waals surface area (Å²) >= 11 is 0. The van der Waals surface area contributed by atoms with Crippen LogP contribution in [-0.2, 0) is 5.41 Å². The smallest absolute Gasteiger partial charge is 0.335 e. The quantitative estimate of drug-likeness (QED) is 0.846. The Morgan fingerprint density at radius 2 is 1.72 bits per heavy atom. The zero-order chi connectivity index (χ0) is 13.6. The Bertz CT molecular complexity index is 461. The molecule has 0 unspecified atom stereocenters. The van der Waals surface area contributed by atoms with E-state index in [9.17, 15) is 9.90 Å². The molecule has 0 spiro atoms. The second-order valence-corrected chi connectivity index (χ2v) is 6.16. The van der Waals surface area contributed by atoms with Crippen LogP contribution in [0.4, 0.5) is 0 Å². The molecular formula is C15H20O3. The number of carbonyl (C=O) groups is 1. The molecule has 0 amide bonds. The lowest BCUT2D eigenvalue weighted by Gasteiger charge is -2.38. The molecule has 1 aliphatic rings. The van der Waals surface area contributed by atoms with Crippen LogP contribution in [0.3, 0.4) is 0 Å². The van der Waals surface area contributed by atoms with Gasteiger partial charge >= 0.3 is 5.97 Å². The van der Waals surface area contributed by atoms with E-state index >= 15 is 0 Å². The van der Waals surface area contributed by atoms with Gasteiger partial charge in [0.2, 0.25) is 0 Å². The summed E-state index contributed by atoms with van der Waals surface area (Å²) < 4.78 is 0. The number of aliphatic hydroxyl groups is 1. The number of benzene rings is 1. The average molecular weight is 248 g/mol. The predicted molar refractivity (Wildman–Crippen MR) is 69.8 cm³/mol. The largest absolute Gasteiger partial charge is 0.478 e. The number of aliphatic hydroxyl groups excluding tert-OH is 1. The summed E-state index contributed by atoms with van der Waals surface area (Å²) in [5.74, 6) is -0.905. The molecule has 18 heavy (non-hydrogen) atoms. The Morgan fingerprint density at radius 3 is 2.11 bits per heavy atom. The molecule has 3 heteroatoms. The molecule has 0 bridgehead atoms. The fourth-order valence-electron chi connectivity index (χ4n) is 3.12. The second-order valence-electron chi connectivity index (χ2n) is 6.16. The number of aromatic carboxylic acids is 1. The molecule has 2 rings (SSSR count). The van der Waals surface area contributed by atoms with Crippen LogP contribution < -0.4 is 0 Å². The second kappa shape index (κ2) is 4.09. The van der Waals surface area contributed by atoms with Crippen molar-refractivity contribution in [1.29, 1.82) is 0 Å². The molecule has 2 atom stereocenters. The van der Waals surface area contributed by atoms with E-state index in [0.717, 1.165) is 18.4 Å². The Hall–Kier alpha value is -1.35. The van der Waals surface area contributed by atoms with Crippen molar-refractivity contribution in [3.05, 3.63) is 35.4 Å². The maximum absolute atomic E-state index is 10.9. The third-order valence-electron chi connectivity index (χ3n) is 4.65. The Kier molecular flexibility index (Phi) is 2.98. The molecular weight excluding hydrogens is 228 g/mol. The molecule has 0 radical (unpaired) electrons. The lowest BCUT2D eigenvalue weighted by Crippen LogP contribution is -2.34. The van der Waals surface area contributed by atoms with Gasteiger partial charge in [-0.1, -0.05) is 32.9 Å². The van der Waals surface area contributed by atoms with Crippen molar-refractivity contribution < 1.29 is 15.0 Å². The van der Waals surface area contributed by atoms with Crippen LogP contribution in [-0.4, -0.2) is 22.3 Å². The van der Waals surface area contributed by atoms with E-state index in [0.29, 0.717) is 5.56 Å². The van der Waals surface area contributed by atoms with Crippen LogP contribution in [0.2, 0.25) is 0 Å². The minimum Gasteiger partial charge on any atom is -0.478 e. The summed E-state index contributed by atoms with van der Waals surface area (Å²) in [7, 11) is 0. The van der Waals surface area contributed by atoms with Gasteiger partial charge in [-0.05, 0) is 36.0 Å². The monoisotopic (exact) mass is 248 g/mol. The summed E-state index contributed by atoms with van der Waals surface area (Å²) in [6.45, 7) is 6.47. The minimum absolute atomic E-state index is 0.0111. The third kappa shape index (κ3) is 1.93. The van der Waals surface area contributed by atoms with Crippen molar-refractivity contribution in [3.8, 4) is 0 Å². The summed E-state index contributed by atoms with van der Waals surface area (Å²) in [6, 6.07) is 7.04. The highest BCUT2D eigenvalue weighted by atomic mass is 16.4. The molecule has 0 aromatic heterocycles. The van der Waals surface area contributed by atoms with Gasteiger partial charge in [-0.25, -0.2) is 4.79 Å². The molecule has 1 aliphatic carbocycles. The maximum atomic E-state index is 10.9. The van der Waals surface area contributed by atoms with Gasteiger partial charge in [-0.2, -0.15) is 0 Å². The number of carboxylic acid groups (broad SMARTS) is 1. The molecule has 2 N–H and O–H groups in total. The van der Waals surface area contributed by atoms with Gasteiger partial charge in [0, 0.05) is 5.41 Å². The first-order valence-corrected chi connectivity index (χ1v) is 6.28. The van der Waals surface area contributed by atoms with Crippen LogP contribution in [0.5, 0.6) is 0 Å². The van der Waals surface area contributed by atoms with Crippen molar-refractivity contribution in [2.45, 2.75) is 45.1 Å². The molecule has 0 aliphatic heterocycles. The zero-order valence-corrected chi connectivity index (χ0v) is 11.1. The third-order valence-corrected chi connectivity index (χ3v) is 4.65. The molecule has 1 aromatic rings. The van der Waals surface area contributed by atoms with Crippen molar-refractivity contribution in [2.24, 2.45) is 5.41 Å². The molecule has 98 valence electrons. The number of hydrogen-bond donors (Lipinski definition) is 2. The summed E-state index contributed by atoms with van der Waals surface area (Å²) in [6.07, 6.45) is 1.24. The van der Waals surface area contributed by atoms with Gasteiger partial charge in [0.05, 0.1) is 11.7 Å². The fourth-order valence-corrected chi connectivity index (χ4v) is 3.12. The van der Waals surface area contributed by atoms with Gasteiger partial charge in [0.1, 0.15) is 0 Å². The minimum atomic E-state index is -0.905. The van der Waals surface area contributed by atoms with E-state index in [1.165, 1.54) is 0 Å². The highest BCUT2D eigenvalue weighted by Crippen LogP contribution is 2.53. The van der Waals surface area contributed by atoms with Gasteiger partial charge in [0.15, 0.2) is 0 Å². The maximum Gasteiger partial charge on any atom is 0.335 e. The molecule has 1 fully saturated rings. The van der Waals surface area contributed by atoms with Gasteiger partial charge in [-0.3, -0.25) is 0 Å². The molecule has 0 heterocycles. The lowest BCUT2D eigenvalue weighted by molar-refractivity contribution is 0.0696. The van der Waals surface area contributed by atoms with Crippen molar-refractivity contribution in [2.75, 3.05) is 0 Å². The van der Waals surface area contributed by atoms with Crippen LogP contribution in [0.25, 0.3) is 0 Å². The summed E-state index contributed by atoms with van der Waals surface area (Å²) in [4.78, 5) is 10.9. The molecule has 1 aromatic carbocycles. The van der Waals surface area contributed by atoms with E-state index < -0.39 is 5.97 Å². The standard InChI is InChI=1S/C15H20O3/c1-14(2)8-12(16)9-15(14,3)11-6-4-10(5-7-11)13(17)18/h4-7,12,16H,8-9H2,1-3H3,(H,17,18)/t12-,15-/m1/s1. The number of rotatable bonds is 2. The van der Waals surface area contributed by atoms with E-state index in [-0.39, 0.29) is 16.9 Å². The first-order chi connectivity index (χ1) is 8.26. The summed E-state index contributed by atoms with van der Waals surface area (Å²) in [5, 5.41) is 18.8. The highest BCUT2D eigenvalue weighted by Gasteiger charge is 2.49. The van der Waals surface area contributed by atoms with Crippen molar-refractivity contribution in [1.82, 2.24) is 0 Å². The molecule has 3 nitrogen and oxygen atoms in total. The van der Waals surface area contributed by atoms with Gasteiger partial charge in [-0.15, -0.1) is 0 Å². The number of carboxylic acids is 1. The Balaban J connectivity index is 2.39. The van der Waals surface area contributed by atoms with Crippen molar-refractivity contribution >= 4 is 5.97 Å². The molecule has 1 saturated carbocycles. The van der Waals surface area contributed by atoms with Crippen molar-refractivity contribution in [3.63, 3.8) is 0 Å². The first-order valence-electron chi connectivity index (χ1n) is 6.28. The lowest BCUT2D eigenvalue weighted by atomic mass is 9.65. The van der Waals surface area contributed by atoms with Crippen LogP contribution in [0, 0.1) is 5.41 Å². The highest BCUT2D eigenvalue weighted by molar-refractivity contribution is 5.87. The van der Waals surface area contributed by atoms with E-state index in [1.807, 2.05) is 12.1 Å². The van der Waals surface area contributed by atoms with Crippen LogP contribution in [0.15, 0.2) is 24.3 Å². The fraction of sp³-hybridized carbons (Fsp3) is 0.533. The first kappa shape index (κ1) is 13.1. The van der Waals surface area contributed by atoms with Gasteiger partial charge < -0.3 is 10.2 Å². The van der Waals surface area contributed by atoms with Gasteiger partial charge in [0.25, 0.3) is 0 Å². The topological polar surface area (TPSA) is 57.5 Å². The number of hydrogen-bond acceptors (Lipinski definition) is 2. The SMILES string of the molecule is CC1(C)C[C@@H](O)C[C@]1(C)c1ccc(C(=O)O)cc1. The average Bonchev–Trinajstić information content (AvgIpc) is 2.48. The Morgan fingerprint density at radius 1 is 1.17 bits per heavy atom. The summed E-state index contributed by atoms with van der Waals surface area (Å²) in [5.41, 5.74) is 1.31. The molecule has 0 saturated heterocycles. The van der Waals surface area contributed by atoms with Crippen LogP contribution in [0.1, 0.15) is 49.5 Å². The zero-order valence-electron chi connectivity index (χ0n) is 11.1. The van der Waals surface area contributed by atoms with Crippen LogP contribution >= 0.6 is 0 Å². The normalized spacial score (nSPS) is 30.3. The van der Waals surface area contributed by atoms with E-state index in [1.54, 1.807) is 12.1 Å². The van der Waals surface area contributed by atoms with E-state index in [2.05, 4.69) is 20.8 Å². The predicted octanol–water partition coefficient (Wildman–Crippen LogP) is 2.82. The Labute approximate surface area is 107 Å².